The molecule has 1 rings (SSSR count). The molecule has 0 bridgehead atoms. The zero-order valence-electron chi connectivity index (χ0n) is 14.9. The normalized spacial score (nSPS) is 14.5. The van der Waals surface area contributed by atoms with Gasteiger partial charge in [-0.1, -0.05) is 90.6 Å². The Kier molecular flexibility index (Phi) is 4.70. The molecule has 1 unspecified atom stereocenters. The molecule has 0 nitrogen and oxygen atoms in total. The molecular formula is C18H33PSi. The van der Waals surface area contributed by atoms with Crippen molar-refractivity contribution in [3.63, 3.8) is 0 Å². The maximum atomic E-state index is 3.18. The van der Waals surface area contributed by atoms with Gasteiger partial charge in [-0.05, 0) is 16.4 Å². The molecule has 1 aromatic rings. The summed E-state index contributed by atoms with van der Waals surface area (Å²) in [4.78, 5) is 0. The van der Waals surface area contributed by atoms with Crippen LogP contribution in [0.2, 0.25) is 19.6 Å². The quantitative estimate of drug-likeness (QED) is 0.507. The largest absolute Gasteiger partial charge is 0.125 e. The fourth-order valence-corrected chi connectivity index (χ4v) is 4.58. The maximum Gasteiger partial charge on any atom is 0.0775 e. The minimum absolute atomic E-state index is 0.0674. The summed E-state index contributed by atoms with van der Waals surface area (Å²) < 4.78 is 0. The first-order chi connectivity index (χ1) is 8.71. The Morgan fingerprint density at radius 3 is 1.35 bits per heavy atom. The lowest BCUT2D eigenvalue weighted by Crippen LogP contribution is -2.45. The zero-order chi connectivity index (χ0) is 16.0. The SMILES string of the molecule is CC(C)(C)C(P)(c1ccc([Si](C)(C)C)cc1)C(C)(C)C. The molecule has 1 atom stereocenters. The van der Waals surface area contributed by atoms with Crippen LogP contribution in [0.5, 0.6) is 0 Å². The first kappa shape index (κ1) is 17.9. The highest BCUT2D eigenvalue weighted by molar-refractivity contribution is 7.18. The molecule has 0 aliphatic carbocycles. The second kappa shape index (κ2) is 5.25. The van der Waals surface area contributed by atoms with Crippen molar-refractivity contribution in [1.82, 2.24) is 0 Å². The van der Waals surface area contributed by atoms with Gasteiger partial charge in [-0.15, -0.1) is 9.24 Å². The Hall–Kier alpha value is -0.133. The van der Waals surface area contributed by atoms with Crippen molar-refractivity contribution in [2.24, 2.45) is 10.8 Å². The molecule has 0 saturated heterocycles. The second-order valence-corrected chi connectivity index (χ2v) is 15.1. The van der Waals surface area contributed by atoms with E-state index in [1.807, 2.05) is 0 Å². The summed E-state index contributed by atoms with van der Waals surface area (Å²) in [7, 11) is 1.97. The molecule has 0 spiro atoms. The van der Waals surface area contributed by atoms with Crippen molar-refractivity contribution in [2.45, 2.75) is 66.3 Å². The van der Waals surface area contributed by atoms with Crippen LogP contribution in [-0.4, -0.2) is 8.07 Å². The maximum absolute atomic E-state index is 3.18. The first-order valence-electron chi connectivity index (χ1n) is 7.61. The Morgan fingerprint density at radius 1 is 0.750 bits per heavy atom. The van der Waals surface area contributed by atoms with Crippen molar-refractivity contribution in [3.8, 4) is 0 Å². The number of hydrogen-bond acceptors (Lipinski definition) is 0. The van der Waals surface area contributed by atoms with E-state index in [0.29, 0.717) is 0 Å². The van der Waals surface area contributed by atoms with Crippen LogP contribution in [0.25, 0.3) is 0 Å². The smallest absolute Gasteiger partial charge is 0.0775 e. The van der Waals surface area contributed by atoms with E-state index in [1.165, 1.54) is 10.8 Å². The highest BCUT2D eigenvalue weighted by atomic mass is 31.0. The average Bonchev–Trinajstić information content (AvgIpc) is 2.24. The number of benzene rings is 1. The second-order valence-electron chi connectivity index (χ2n) is 9.14. The molecule has 0 heterocycles. The van der Waals surface area contributed by atoms with Gasteiger partial charge in [0.05, 0.1) is 8.07 Å². The Morgan fingerprint density at radius 2 is 1.10 bits per heavy atom. The standard InChI is InChI=1S/C18H33PSi/c1-16(2,3)18(19,17(4,5)6)14-10-12-15(13-11-14)20(7,8)9/h10-13H,19H2,1-9H3. The molecule has 0 radical (unpaired) electrons. The van der Waals surface area contributed by atoms with Crippen LogP contribution in [0.3, 0.4) is 0 Å². The summed E-state index contributed by atoms with van der Waals surface area (Å²) in [5, 5.41) is 1.61. The van der Waals surface area contributed by atoms with Gasteiger partial charge in [0.2, 0.25) is 0 Å². The Labute approximate surface area is 130 Å². The lowest BCUT2D eigenvalue weighted by Gasteiger charge is -2.52. The topological polar surface area (TPSA) is 0 Å². The summed E-state index contributed by atoms with van der Waals surface area (Å²) in [6.45, 7) is 21.3. The van der Waals surface area contributed by atoms with Gasteiger partial charge >= 0.3 is 0 Å². The summed E-state index contributed by atoms with van der Waals surface area (Å²) in [6.07, 6.45) is 0. The molecule has 0 amide bonds. The van der Waals surface area contributed by atoms with E-state index in [4.69, 9.17) is 0 Å². The lowest BCUT2D eigenvalue weighted by atomic mass is 9.62. The van der Waals surface area contributed by atoms with Gasteiger partial charge in [-0.3, -0.25) is 0 Å². The van der Waals surface area contributed by atoms with E-state index in [9.17, 15) is 0 Å². The Balaban J connectivity index is 3.39. The van der Waals surface area contributed by atoms with Gasteiger partial charge in [0.1, 0.15) is 0 Å². The number of hydrogen-bond donors (Lipinski definition) is 0. The van der Waals surface area contributed by atoms with Crippen LogP contribution in [-0.2, 0) is 5.16 Å². The molecule has 0 saturated carbocycles. The van der Waals surface area contributed by atoms with Crippen LogP contribution >= 0.6 is 9.24 Å². The predicted octanol–water partition coefficient (Wildman–Crippen LogP) is 5.39. The van der Waals surface area contributed by atoms with E-state index in [-0.39, 0.29) is 16.0 Å². The van der Waals surface area contributed by atoms with E-state index >= 15 is 0 Å². The van der Waals surface area contributed by atoms with Crippen molar-refractivity contribution < 1.29 is 0 Å². The minimum Gasteiger partial charge on any atom is -0.125 e. The molecule has 20 heavy (non-hydrogen) atoms. The zero-order valence-corrected chi connectivity index (χ0v) is 17.0. The van der Waals surface area contributed by atoms with E-state index < -0.39 is 8.07 Å². The van der Waals surface area contributed by atoms with Crippen molar-refractivity contribution in [1.29, 1.82) is 0 Å². The highest BCUT2D eigenvalue weighted by Gasteiger charge is 2.48. The van der Waals surface area contributed by atoms with Gasteiger partial charge in [0, 0.05) is 5.16 Å². The van der Waals surface area contributed by atoms with E-state index in [0.717, 1.165) is 0 Å². The third-order valence-corrected chi connectivity index (χ3v) is 8.70. The van der Waals surface area contributed by atoms with Crippen molar-refractivity contribution in [3.05, 3.63) is 29.8 Å². The summed E-state index contributed by atoms with van der Waals surface area (Å²) in [5.41, 5.74) is 1.82. The first-order valence-corrected chi connectivity index (χ1v) is 11.7. The van der Waals surface area contributed by atoms with Crippen LogP contribution in [0, 0.1) is 10.8 Å². The van der Waals surface area contributed by atoms with Crippen LogP contribution in [0.4, 0.5) is 0 Å². The van der Waals surface area contributed by atoms with Gasteiger partial charge in [-0.2, -0.15) is 0 Å². The van der Waals surface area contributed by atoms with Gasteiger partial charge in [0.15, 0.2) is 0 Å². The van der Waals surface area contributed by atoms with Gasteiger partial charge in [0.25, 0.3) is 0 Å². The van der Waals surface area contributed by atoms with Crippen molar-refractivity contribution in [2.75, 3.05) is 0 Å². The molecule has 0 fully saturated rings. The molecule has 114 valence electrons. The predicted molar refractivity (Wildman–Crippen MR) is 99.7 cm³/mol. The van der Waals surface area contributed by atoms with Crippen LogP contribution in [0.1, 0.15) is 47.1 Å². The van der Waals surface area contributed by atoms with Gasteiger partial charge in [-0.25, -0.2) is 0 Å². The molecule has 1 aromatic carbocycles. The summed E-state index contributed by atoms with van der Waals surface area (Å²) in [5.74, 6) is 0. The lowest BCUT2D eigenvalue weighted by molar-refractivity contribution is 0.140. The molecule has 2 heteroatoms. The summed E-state index contributed by atoms with van der Waals surface area (Å²) in [6, 6.07) is 9.43. The Bertz CT molecular complexity index is 438. The number of rotatable bonds is 2. The van der Waals surface area contributed by atoms with E-state index in [1.54, 1.807) is 0 Å². The van der Waals surface area contributed by atoms with Crippen molar-refractivity contribution >= 4 is 22.5 Å². The van der Waals surface area contributed by atoms with E-state index in [2.05, 4.69) is 94.7 Å². The molecule has 0 aliphatic rings. The summed E-state index contributed by atoms with van der Waals surface area (Å²) >= 11 is 0. The highest BCUT2D eigenvalue weighted by Crippen LogP contribution is 2.57. The van der Waals surface area contributed by atoms with Gasteiger partial charge < -0.3 is 0 Å². The monoisotopic (exact) mass is 308 g/mol. The van der Waals surface area contributed by atoms with Crippen LogP contribution in [0.15, 0.2) is 24.3 Å². The molecule has 0 aliphatic heterocycles. The third kappa shape index (κ3) is 3.20. The molecular weight excluding hydrogens is 275 g/mol. The molecule has 0 aromatic heterocycles. The minimum atomic E-state index is -1.21. The fraction of sp³-hybridized carbons (Fsp3) is 0.667. The third-order valence-electron chi connectivity index (χ3n) is 4.57. The van der Waals surface area contributed by atoms with Crippen LogP contribution < -0.4 is 5.19 Å². The average molecular weight is 309 g/mol. The molecule has 0 N–H and O–H groups in total. The fourth-order valence-electron chi connectivity index (χ4n) is 3.22.